The predicted molar refractivity (Wildman–Crippen MR) is 98.6 cm³/mol. The van der Waals surface area contributed by atoms with Gasteiger partial charge < -0.3 is 14.8 Å². The smallest absolute Gasteiger partial charge is 0.167 e. The number of rotatable bonds is 7. The number of anilines is 1. The van der Waals surface area contributed by atoms with Gasteiger partial charge in [0.1, 0.15) is 11.6 Å². The van der Waals surface area contributed by atoms with E-state index in [9.17, 15) is 5.26 Å². The highest BCUT2D eigenvalue weighted by atomic mass is 16.5. The molecule has 1 fully saturated rings. The van der Waals surface area contributed by atoms with Gasteiger partial charge in [-0.05, 0) is 43.4 Å². The number of nitriles is 1. The standard InChI is InChI=1S/C20H24N4O2/c1-14-15(2)23-24-20(19(14)10-21)22-11-16-5-3-6-17(9-16)12-25-13-18-7-4-8-26-18/h3,5-6,9,18H,4,7-8,11-13H2,1-2H3,(H,22,24). The molecule has 6 nitrogen and oxygen atoms in total. The first-order valence-corrected chi connectivity index (χ1v) is 8.92. The van der Waals surface area contributed by atoms with Gasteiger partial charge in [0.2, 0.25) is 0 Å². The van der Waals surface area contributed by atoms with Crippen LogP contribution in [0.5, 0.6) is 0 Å². The van der Waals surface area contributed by atoms with Gasteiger partial charge in [0.05, 0.1) is 25.0 Å². The van der Waals surface area contributed by atoms with Gasteiger partial charge >= 0.3 is 0 Å². The number of aromatic nitrogens is 2. The number of aryl methyl sites for hydroxylation is 1. The lowest BCUT2D eigenvalue weighted by Crippen LogP contribution is -2.13. The van der Waals surface area contributed by atoms with Crippen LogP contribution >= 0.6 is 0 Å². The fourth-order valence-electron chi connectivity index (χ4n) is 2.97. The Hall–Kier alpha value is -2.49. The molecule has 1 unspecified atom stereocenters. The number of hydrogen-bond donors (Lipinski definition) is 1. The van der Waals surface area contributed by atoms with Gasteiger partial charge in [0, 0.05) is 13.2 Å². The summed E-state index contributed by atoms with van der Waals surface area (Å²) in [5.41, 5.74) is 4.41. The van der Waals surface area contributed by atoms with Crippen molar-refractivity contribution < 1.29 is 9.47 Å². The van der Waals surface area contributed by atoms with Crippen LogP contribution in [0.25, 0.3) is 0 Å². The first kappa shape index (κ1) is 18.3. The summed E-state index contributed by atoms with van der Waals surface area (Å²) >= 11 is 0. The van der Waals surface area contributed by atoms with Crippen LogP contribution < -0.4 is 5.32 Å². The average molecular weight is 352 g/mol. The third-order valence-electron chi connectivity index (χ3n) is 4.61. The Kier molecular flexibility index (Phi) is 6.16. The van der Waals surface area contributed by atoms with Crippen molar-refractivity contribution in [1.29, 1.82) is 5.26 Å². The quantitative estimate of drug-likeness (QED) is 0.824. The van der Waals surface area contributed by atoms with Crippen molar-refractivity contribution in [3.05, 3.63) is 52.2 Å². The maximum atomic E-state index is 9.37. The Balaban J connectivity index is 1.57. The van der Waals surface area contributed by atoms with Crippen LogP contribution in [0.1, 0.15) is 40.8 Å². The van der Waals surface area contributed by atoms with Crippen molar-refractivity contribution in [3.8, 4) is 6.07 Å². The van der Waals surface area contributed by atoms with E-state index in [-0.39, 0.29) is 6.10 Å². The fraction of sp³-hybridized carbons (Fsp3) is 0.450. The predicted octanol–water partition coefficient (Wildman–Crippen LogP) is 3.27. The van der Waals surface area contributed by atoms with Crippen molar-refractivity contribution >= 4 is 5.82 Å². The molecular formula is C20H24N4O2. The lowest BCUT2D eigenvalue weighted by Gasteiger charge is -2.12. The summed E-state index contributed by atoms with van der Waals surface area (Å²) < 4.78 is 11.3. The van der Waals surface area contributed by atoms with Crippen LogP contribution in [0.4, 0.5) is 5.82 Å². The second kappa shape index (κ2) is 8.75. The Bertz CT molecular complexity index is 795. The highest BCUT2D eigenvalue weighted by Gasteiger charge is 2.15. The number of nitrogens with zero attached hydrogens (tertiary/aromatic N) is 3. The monoisotopic (exact) mass is 352 g/mol. The second-order valence-electron chi connectivity index (χ2n) is 6.57. The Labute approximate surface area is 154 Å². The van der Waals surface area contributed by atoms with Crippen LogP contribution in [0.3, 0.4) is 0 Å². The molecule has 0 spiro atoms. The van der Waals surface area contributed by atoms with Crippen LogP contribution in [-0.2, 0) is 22.6 Å². The lowest BCUT2D eigenvalue weighted by atomic mass is 10.1. The zero-order valence-corrected chi connectivity index (χ0v) is 15.3. The lowest BCUT2D eigenvalue weighted by molar-refractivity contribution is 0.0106. The highest BCUT2D eigenvalue weighted by Crippen LogP contribution is 2.18. The molecule has 0 aliphatic carbocycles. The van der Waals surface area contributed by atoms with E-state index >= 15 is 0 Å². The third kappa shape index (κ3) is 4.57. The molecular weight excluding hydrogens is 328 g/mol. The van der Waals surface area contributed by atoms with Crippen molar-refractivity contribution in [1.82, 2.24) is 10.2 Å². The highest BCUT2D eigenvalue weighted by molar-refractivity contribution is 5.55. The number of benzene rings is 1. The molecule has 0 bridgehead atoms. The molecule has 1 aliphatic rings. The van der Waals surface area contributed by atoms with Crippen molar-refractivity contribution in [3.63, 3.8) is 0 Å². The molecule has 6 heteroatoms. The van der Waals surface area contributed by atoms with Crippen LogP contribution in [0.15, 0.2) is 24.3 Å². The van der Waals surface area contributed by atoms with Crippen LogP contribution in [0, 0.1) is 25.2 Å². The van der Waals surface area contributed by atoms with E-state index in [0.717, 1.165) is 41.8 Å². The summed E-state index contributed by atoms with van der Waals surface area (Å²) in [6.07, 6.45) is 2.45. The summed E-state index contributed by atoms with van der Waals surface area (Å²) in [7, 11) is 0. The SMILES string of the molecule is Cc1nnc(NCc2cccc(COCC3CCCO3)c2)c(C#N)c1C. The average Bonchev–Trinajstić information content (AvgIpc) is 3.16. The van der Waals surface area contributed by atoms with Gasteiger partial charge in [0.25, 0.3) is 0 Å². The van der Waals surface area contributed by atoms with Crippen LogP contribution in [-0.4, -0.2) is 29.5 Å². The number of ether oxygens (including phenoxy) is 2. The molecule has 26 heavy (non-hydrogen) atoms. The topological polar surface area (TPSA) is 80.1 Å². The molecule has 0 amide bonds. The molecule has 0 radical (unpaired) electrons. The Morgan fingerprint density at radius 1 is 1.31 bits per heavy atom. The van der Waals surface area contributed by atoms with Crippen LogP contribution in [0.2, 0.25) is 0 Å². The molecule has 2 aromatic rings. The molecule has 0 saturated carbocycles. The summed E-state index contributed by atoms with van der Waals surface area (Å²) in [6, 6.07) is 10.4. The van der Waals surface area contributed by atoms with Crippen molar-refractivity contribution in [2.24, 2.45) is 0 Å². The Morgan fingerprint density at radius 3 is 2.92 bits per heavy atom. The third-order valence-corrected chi connectivity index (χ3v) is 4.61. The molecule has 1 aromatic carbocycles. The normalized spacial score (nSPS) is 16.4. The molecule has 1 aromatic heterocycles. The maximum Gasteiger partial charge on any atom is 0.167 e. The van der Waals surface area contributed by atoms with E-state index in [1.165, 1.54) is 0 Å². The van der Waals surface area contributed by atoms with E-state index in [1.54, 1.807) is 0 Å². The zero-order valence-electron chi connectivity index (χ0n) is 15.3. The second-order valence-corrected chi connectivity index (χ2v) is 6.57. The van der Waals surface area contributed by atoms with E-state index in [4.69, 9.17) is 9.47 Å². The minimum absolute atomic E-state index is 0.243. The zero-order chi connectivity index (χ0) is 18.4. The number of hydrogen-bond acceptors (Lipinski definition) is 6. The van der Waals surface area contributed by atoms with Gasteiger partial charge in [0.15, 0.2) is 5.82 Å². The van der Waals surface area contributed by atoms with Crippen molar-refractivity contribution in [2.45, 2.75) is 45.9 Å². The first-order valence-electron chi connectivity index (χ1n) is 8.92. The molecule has 3 rings (SSSR count). The van der Waals surface area contributed by atoms with E-state index < -0.39 is 0 Å². The Morgan fingerprint density at radius 2 is 2.15 bits per heavy atom. The summed E-state index contributed by atoms with van der Waals surface area (Å²) in [5.74, 6) is 0.524. The summed E-state index contributed by atoms with van der Waals surface area (Å²) in [4.78, 5) is 0. The van der Waals surface area contributed by atoms with E-state index in [2.05, 4.69) is 33.7 Å². The van der Waals surface area contributed by atoms with E-state index in [1.807, 2.05) is 26.0 Å². The van der Waals surface area contributed by atoms with Gasteiger partial charge in [-0.1, -0.05) is 24.3 Å². The molecule has 136 valence electrons. The van der Waals surface area contributed by atoms with Crippen molar-refractivity contribution in [2.75, 3.05) is 18.5 Å². The van der Waals surface area contributed by atoms with Gasteiger partial charge in [-0.3, -0.25) is 0 Å². The van der Waals surface area contributed by atoms with Gasteiger partial charge in [-0.15, -0.1) is 5.10 Å². The first-order chi connectivity index (χ1) is 12.7. The molecule has 1 saturated heterocycles. The molecule has 2 heterocycles. The summed E-state index contributed by atoms with van der Waals surface area (Å²) in [5, 5.41) is 20.8. The number of nitrogens with one attached hydrogen (secondary N) is 1. The largest absolute Gasteiger partial charge is 0.376 e. The van der Waals surface area contributed by atoms with E-state index in [0.29, 0.717) is 31.1 Å². The molecule has 1 aliphatic heterocycles. The minimum atomic E-state index is 0.243. The van der Waals surface area contributed by atoms with Gasteiger partial charge in [-0.25, -0.2) is 0 Å². The maximum absolute atomic E-state index is 9.37. The summed E-state index contributed by atoms with van der Waals surface area (Å²) in [6.45, 7) is 6.38. The fourth-order valence-corrected chi connectivity index (χ4v) is 2.97. The molecule has 1 atom stereocenters. The van der Waals surface area contributed by atoms with Gasteiger partial charge in [-0.2, -0.15) is 10.4 Å². The minimum Gasteiger partial charge on any atom is -0.376 e. The molecule has 1 N–H and O–H groups in total.